The van der Waals surface area contributed by atoms with Gasteiger partial charge in [0.1, 0.15) is 5.75 Å². The first-order valence-corrected chi connectivity index (χ1v) is 8.75. The number of anilines is 1. The minimum Gasteiger partial charge on any atom is -0.435 e. The molecule has 0 radical (unpaired) electrons. The fourth-order valence-electron chi connectivity index (χ4n) is 2.05. The molecule has 0 bridgehead atoms. The molecule has 0 atom stereocenters. The number of carbonyl (C=O) groups excluding carboxylic acids is 1. The van der Waals surface area contributed by atoms with Crippen molar-refractivity contribution in [1.29, 1.82) is 0 Å². The van der Waals surface area contributed by atoms with Gasteiger partial charge in [-0.2, -0.15) is 8.78 Å². The number of hydrogen-bond acceptors (Lipinski definition) is 4. The third kappa shape index (κ3) is 6.12. The molecule has 0 saturated heterocycles. The Morgan fingerprint density at radius 3 is 2.20 bits per heavy atom. The second-order valence-electron chi connectivity index (χ2n) is 5.14. The number of nitrogens with one attached hydrogen (secondary N) is 1. The SMILES string of the molecule is NS(=O)(=O)c1ccc(CCC(=O)Nc2ccc(OC(F)F)cc2)cc1. The number of ether oxygens (including phenoxy) is 1. The molecule has 6 nitrogen and oxygen atoms in total. The van der Waals surface area contributed by atoms with Crippen LogP contribution in [-0.2, 0) is 21.2 Å². The first-order chi connectivity index (χ1) is 11.7. The highest BCUT2D eigenvalue weighted by Gasteiger charge is 2.08. The summed E-state index contributed by atoms with van der Waals surface area (Å²) in [5, 5.41) is 7.64. The predicted molar refractivity (Wildman–Crippen MR) is 87.8 cm³/mol. The van der Waals surface area contributed by atoms with Gasteiger partial charge >= 0.3 is 6.61 Å². The smallest absolute Gasteiger partial charge is 0.387 e. The van der Waals surface area contributed by atoms with Crippen LogP contribution in [0.5, 0.6) is 5.75 Å². The molecule has 0 saturated carbocycles. The van der Waals surface area contributed by atoms with E-state index in [1.165, 1.54) is 36.4 Å². The molecule has 0 aliphatic rings. The topological polar surface area (TPSA) is 98.5 Å². The summed E-state index contributed by atoms with van der Waals surface area (Å²) in [5.74, 6) is -0.263. The van der Waals surface area contributed by atoms with E-state index in [4.69, 9.17) is 5.14 Å². The molecule has 0 aromatic heterocycles. The van der Waals surface area contributed by atoms with Crippen molar-refractivity contribution < 1.29 is 26.7 Å². The second-order valence-corrected chi connectivity index (χ2v) is 6.70. The van der Waals surface area contributed by atoms with E-state index in [9.17, 15) is 22.0 Å². The van der Waals surface area contributed by atoms with Crippen molar-refractivity contribution in [3.63, 3.8) is 0 Å². The van der Waals surface area contributed by atoms with Gasteiger partial charge in [0.2, 0.25) is 15.9 Å². The summed E-state index contributed by atoms with van der Waals surface area (Å²) in [7, 11) is -3.74. The summed E-state index contributed by atoms with van der Waals surface area (Å²) in [6, 6.07) is 11.5. The molecule has 1 amide bonds. The van der Waals surface area contributed by atoms with Gasteiger partial charge in [-0.3, -0.25) is 4.79 Å². The summed E-state index contributed by atoms with van der Waals surface area (Å²) in [5.41, 5.74) is 1.24. The summed E-state index contributed by atoms with van der Waals surface area (Å²) in [6.07, 6.45) is 0.577. The van der Waals surface area contributed by atoms with Crippen molar-refractivity contribution >= 4 is 21.6 Å². The Hall–Kier alpha value is -2.52. The molecule has 2 aromatic carbocycles. The lowest BCUT2D eigenvalue weighted by atomic mass is 10.1. The molecular formula is C16H16F2N2O4S. The highest BCUT2D eigenvalue weighted by atomic mass is 32.2. The van der Waals surface area contributed by atoms with Gasteiger partial charge < -0.3 is 10.1 Å². The molecule has 9 heteroatoms. The van der Waals surface area contributed by atoms with Crippen LogP contribution in [0.15, 0.2) is 53.4 Å². The average molecular weight is 370 g/mol. The van der Waals surface area contributed by atoms with Gasteiger partial charge in [0.05, 0.1) is 4.90 Å². The van der Waals surface area contributed by atoms with Gasteiger partial charge in [-0.15, -0.1) is 0 Å². The minimum atomic E-state index is -3.74. The molecule has 2 aromatic rings. The fourth-order valence-corrected chi connectivity index (χ4v) is 2.56. The molecule has 3 N–H and O–H groups in total. The lowest BCUT2D eigenvalue weighted by molar-refractivity contribution is -0.116. The number of amides is 1. The molecule has 0 aliphatic heterocycles. The largest absolute Gasteiger partial charge is 0.435 e. The van der Waals surface area contributed by atoms with Gasteiger partial charge in [-0.05, 0) is 48.4 Å². The van der Waals surface area contributed by atoms with Crippen molar-refractivity contribution in [2.45, 2.75) is 24.3 Å². The maximum Gasteiger partial charge on any atom is 0.387 e. The van der Waals surface area contributed by atoms with Crippen LogP contribution in [0.25, 0.3) is 0 Å². The van der Waals surface area contributed by atoms with Gasteiger partial charge in [0.25, 0.3) is 0 Å². The van der Waals surface area contributed by atoms with Crippen molar-refractivity contribution in [3.8, 4) is 5.75 Å². The Bertz CT molecular complexity index is 822. The number of carbonyl (C=O) groups is 1. The van der Waals surface area contributed by atoms with Crippen LogP contribution in [0.4, 0.5) is 14.5 Å². The molecule has 25 heavy (non-hydrogen) atoms. The van der Waals surface area contributed by atoms with Gasteiger partial charge in [-0.1, -0.05) is 12.1 Å². The Morgan fingerprint density at radius 1 is 1.08 bits per heavy atom. The van der Waals surface area contributed by atoms with Crippen LogP contribution >= 0.6 is 0 Å². The Balaban J connectivity index is 1.86. The van der Waals surface area contributed by atoms with Crippen molar-refractivity contribution in [2.24, 2.45) is 5.14 Å². The van der Waals surface area contributed by atoms with Crippen molar-refractivity contribution in [2.75, 3.05) is 5.32 Å². The number of benzene rings is 2. The van der Waals surface area contributed by atoms with Crippen molar-refractivity contribution in [1.82, 2.24) is 0 Å². The Morgan fingerprint density at radius 2 is 1.68 bits per heavy atom. The Kier molecular flexibility index (Phi) is 6.05. The zero-order valence-electron chi connectivity index (χ0n) is 13.0. The van der Waals surface area contributed by atoms with E-state index in [1.54, 1.807) is 12.1 Å². The lowest BCUT2D eigenvalue weighted by Crippen LogP contribution is -2.13. The molecule has 0 heterocycles. The van der Waals surface area contributed by atoms with E-state index in [0.717, 1.165) is 5.56 Å². The first-order valence-electron chi connectivity index (χ1n) is 7.20. The minimum absolute atomic E-state index is 0.00273. The standard InChI is InChI=1S/C16H16F2N2O4S/c17-16(18)24-13-6-4-12(5-7-13)20-15(21)10-3-11-1-8-14(9-2-11)25(19,22)23/h1-2,4-9,16H,3,10H2,(H,20,21)(H2,19,22,23). The van der Waals surface area contributed by atoms with Gasteiger partial charge in [-0.25, -0.2) is 13.6 Å². The second kappa shape index (κ2) is 8.04. The average Bonchev–Trinajstić information content (AvgIpc) is 2.54. The molecule has 0 fully saturated rings. The number of sulfonamides is 1. The fraction of sp³-hybridized carbons (Fsp3) is 0.188. The predicted octanol–water partition coefficient (Wildman–Crippen LogP) is 2.51. The molecule has 0 spiro atoms. The van der Waals surface area contributed by atoms with E-state index in [-0.39, 0.29) is 23.0 Å². The highest BCUT2D eigenvalue weighted by Crippen LogP contribution is 2.18. The summed E-state index contributed by atoms with van der Waals surface area (Å²) < 4.78 is 50.6. The van der Waals surface area contributed by atoms with Crippen LogP contribution in [0.1, 0.15) is 12.0 Å². The molecule has 0 aliphatic carbocycles. The number of hydrogen-bond donors (Lipinski definition) is 2. The van der Waals surface area contributed by atoms with Crippen LogP contribution in [0.2, 0.25) is 0 Å². The highest BCUT2D eigenvalue weighted by molar-refractivity contribution is 7.89. The van der Waals surface area contributed by atoms with Gasteiger partial charge in [0.15, 0.2) is 0 Å². The van der Waals surface area contributed by atoms with E-state index in [1.807, 2.05) is 0 Å². The van der Waals surface area contributed by atoms with Crippen LogP contribution in [0, 0.1) is 0 Å². The maximum atomic E-state index is 12.1. The first kappa shape index (κ1) is 18.8. The lowest BCUT2D eigenvalue weighted by Gasteiger charge is -2.08. The van der Waals surface area contributed by atoms with Crippen molar-refractivity contribution in [3.05, 3.63) is 54.1 Å². The quantitative estimate of drug-likeness (QED) is 0.782. The zero-order valence-corrected chi connectivity index (χ0v) is 13.8. The number of aryl methyl sites for hydroxylation is 1. The van der Waals surface area contributed by atoms with Crippen LogP contribution in [0.3, 0.4) is 0 Å². The third-order valence-electron chi connectivity index (χ3n) is 3.26. The summed E-state index contributed by atoms with van der Waals surface area (Å²) in [6.45, 7) is -2.90. The molecule has 2 rings (SSSR count). The molecule has 0 unspecified atom stereocenters. The van der Waals surface area contributed by atoms with Gasteiger partial charge in [0, 0.05) is 12.1 Å². The van der Waals surface area contributed by atoms with Crippen LogP contribution < -0.4 is 15.2 Å². The van der Waals surface area contributed by atoms with E-state index >= 15 is 0 Å². The van der Waals surface area contributed by atoms with E-state index in [0.29, 0.717) is 12.1 Å². The van der Waals surface area contributed by atoms with Crippen LogP contribution in [-0.4, -0.2) is 20.9 Å². The number of alkyl halides is 2. The number of rotatable bonds is 7. The number of nitrogens with two attached hydrogens (primary N) is 1. The molecule has 134 valence electrons. The normalized spacial score (nSPS) is 11.4. The Labute approximate surface area is 143 Å². The third-order valence-corrected chi connectivity index (χ3v) is 4.19. The van der Waals surface area contributed by atoms with E-state index in [2.05, 4.69) is 10.1 Å². The number of primary sulfonamides is 1. The molecular weight excluding hydrogens is 354 g/mol. The monoisotopic (exact) mass is 370 g/mol. The zero-order chi connectivity index (χ0) is 18.4. The maximum absolute atomic E-state index is 12.1. The summed E-state index contributed by atoms with van der Waals surface area (Å²) in [4.78, 5) is 11.9. The van der Waals surface area contributed by atoms with E-state index < -0.39 is 16.6 Å². The number of halogens is 2. The summed E-state index contributed by atoms with van der Waals surface area (Å²) >= 11 is 0.